The zero-order valence-corrected chi connectivity index (χ0v) is 11.5. The average Bonchev–Trinajstić information content (AvgIpc) is 2.16. The van der Waals surface area contributed by atoms with Crippen LogP contribution in [-0.4, -0.2) is 18.8 Å². The predicted molar refractivity (Wildman–Crippen MR) is 69.4 cm³/mol. The third kappa shape index (κ3) is 3.46. The van der Waals surface area contributed by atoms with E-state index in [2.05, 4.69) is 20.8 Å². The van der Waals surface area contributed by atoms with Gasteiger partial charge in [-0.3, -0.25) is 0 Å². The molecule has 16 heavy (non-hydrogen) atoms. The Kier molecular flexibility index (Phi) is 5.26. The minimum absolute atomic E-state index is 0.0149. The van der Waals surface area contributed by atoms with Gasteiger partial charge in [-0.1, -0.05) is 27.2 Å². The molecule has 0 saturated heterocycles. The van der Waals surface area contributed by atoms with E-state index in [-0.39, 0.29) is 5.54 Å². The molecule has 1 fully saturated rings. The van der Waals surface area contributed by atoms with Gasteiger partial charge < -0.3 is 10.5 Å². The van der Waals surface area contributed by atoms with Gasteiger partial charge in [-0.15, -0.1) is 0 Å². The summed E-state index contributed by atoms with van der Waals surface area (Å²) in [6.45, 7) is 10.6. The van der Waals surface area contributed by atoms with E-state index in [9.17, 15) is 0 Å². The molecule has 0 radical (unpaired) electrons. The van der Waals surface area contributed by atoms with Crippen molar-refractivity contribution in [3.8, 4) is 0 Å². The van der Waals surface area contributed by atoms with E-state index in [4.69, 9.17) is 10.5 Å². The summed E-state index contributed by atoms with van der Waals surface area (Å²) in [5.41, 5.74) is 6.67. The predicted octanol–water partition coefficient (Wildman–Crippen LogP) is 3.20. The zero-order valence-electron chi connectivity index (χ0n) is 11.5. The molecule has 3 atom stereocenters. The van der Waals surface area contributed by atoms with Gasteiger partial charge in [0.15, 0.2) is 0 Å². The van der Waals surface area contributed by atoms with E-state index in [1.54, 1.807) is 0 Å². The van der Waals surface area contributed by atoms with Crippen molar-refractivity contribution in [2.45, 2.75) is 58.9 Å². The SMILES string of the molecule is CCOCCC1(N)CC(C)CCC1C(C)C. The van der Waals surface area contributed by atoms with Crippen LogP contribution >= 0.6 is 0 Å². The van der Waals surface area contributed by atoms with Crippen molar-refractivity contribution in [3.63, 3.8) is 0 Å². The Morgan fingerprint density at radius 2 is 2.06 bits per heavy atom. The Morgan fingerprint density at radius 3 is 2.62 bits per heavy atom. The van der Waals surface area contributed by atoms with Gasteiger partial charge in [0.05, 0.1) is 0 Å². The summed E-state index contributed by atoms with van der Waals surface area (Å²) in [5, 5.41) is 0. The largest absolute Gasteiger partial charge is 0.382 e. The summed E-state index contributed by atoms with van der Waals surface area (Å²) in [5.74, 6) is 2.14. The summed E-state index contributed by atoms with van der Waals surface area (Å²) in [4.78, 5) is 0. The molecular formula is C14H29NO. The molecule has 0 amide bonds. The molecule has 2 heteroatoms. The zero-order chi connectivity index (χ0) is 12.2. The topological polar surface area (TPSA) is 35.2 Å². The first-order valence-electron chi connectivity index (χ1n) is 6.86. The highest BCUT2D eigenvalue weighted by atomic mass is 16.5. The minimum Gasteiger partial charge on any atom is -0.382 e. The van der Waals surface area contributed by atoms with Crippen molar-refractivity contribution >= 4 is 0 Å². The van der Waals surface area contributed by atoms with Crippen LogP contribution < -0.4 is 5.73 Å². The van der Waals surface area contributed by atoms with Crippen LogP contribution in [-0.2, 0) is 4.74 Å². The summed E-state index contributed by atoms with van der Waals surface area (Å²) in [6.07, 6.45) is 4.83. The fourth-order valence-corrected chi connectivity index (χ4v) is 3.34. The highest BCUT2D eigenvalue weighted by molar-refractivity contribution is 4.97. The minimum atomic E-state index is 0.0149. The van der Waals surface area contributed by atoms with Crippen molar-refractivity contribution in [2.24, 2.45) is 23.5 Å². The molecule has 0 spiro atoms. The lowest BCUT2D eigenvalue weighted by Crippen LogP contribution is -2.53. The van der Waals surface area contributed by atoms with E-state index in [0.29, 0.717) is 11.8 Å². The quantitative estimate of drug-likeness (QED) is 0.732. The van der Waals surface area contributed by atoms with Gasteiger partial charge in [-0.05, 0) is 43.9 Å². The van der Waals surface area contributed by atoms with Crippen molar-refractivity contribution in [1.29, 1.82) is 0 Å². The maximum Gasteiger partial charge on any atom is 0.0483 e. The second kappa shape index (κ2) is 6.02. The van der Waals surface area contributed by atoms with Gasteiger partial charge in [0.1, 0.15) is 0 Å². The van der Waals surface area contributed by atoms with Crippen LogP contribution in [0.3, 0.4) is 0 Å². The monoisotopic (exact) mass is 227 g/mol. The maximum atomic E-state index is 6.66. The number of nitrogens with two attached hydrogens (primary N) is 1. The van der Waals surface area contributed by atoms with Crippen LogP contribution in [0.15, 0.2) is 0 Å². The second-order valence-corrected chi connectivity index (χ2v) is 5.92. The molecule has 96 valence electrons. The lowest BCUT2D eigenvalue weighted by molar-refractivity contribution is 0.0590. The number of ether oxygens (including phenoxy) is 1. The molecular weight excluding hydrogens is 198 g/mol. The van der Waals surface area contributed by atoms with Gasteiger partial charge in [0.25, 0.3) is 0 Å². The summed E-state index contributed by atoms with van der Waals surface area (Å²) < 4.78 is 5.48. The molecule has 1 saturated carbocycles. The second-order valence-electron chi connectivity index (χ2n) is 5.92. The Balaban J connectivity index is 2.60. The normalized spacial score (nSPS) is 35.6. The molecule has 0 aromatic rings. The van der Waals surface area contributed by atoms with E-state index in [0.717, 1.165) is 25.6 Å². The molecule has 0 aromatic heterocycles. The fourth-order valence-electron chi connectivity index (χ4n) is 3.34. The van der Waals surface area contributed by atoms with Crippen LogP contribution in [0.1, 0.15) is 53.4 Å². The molecule has 0 aliphatic heterocycles. The van der Waals surface area contributed by atoms with E-state index < -0.39 is 0 Å². The third-order valence-corrected chi connectivity index (χ3v) is 4.16. The standard InChI is InChI=1S/C14H29NO/c1-5-16-9-8-14(15)10-12(4)6-7-13(14)11(2)3/h11-13H,5-10,15H2,1-4H3. The smallest absolute Gasteiger partial charge is 0.0483 e. The van der Waals surface area contributed by atoms with Crippen molar-refractivity contribution < 1.29 is 4.74 Å². The molecule has 1 aliphatic rings. The Morgan fingerprint density at radius 1 is 1.38 bits per heavy atom. The third-order valence-electron chi connectivity index (χ3n) is 4.16. The first-order valence-corrected chi connectivity index (χ1v) is 6.86. The molecule has 1 rings (SSSR count). The average molecular weight is 227 g/mol. The Bertz CT molecular complexity index is 205. The number of hydrogen-bond donors (Lipinski definition) is 1. The van der Waals surface area contributed by atoms with Gasteiger partial charge in [-0.2, -0.15) is 0 Å². The molecule has 0 heterocycles. The summed E-state index contributed by atoms with van der Waals surface area (Å²) in [7, 11) is 0. The lowest BCUT2D eigenvalue weighted by Gasteiger charge is -2.46. The van der Waals surface area contributed by atoms with Crippen LogP contribution in [0, 0.1) is 17.8 Å². The van der Waals surface area contributed by atoms with E-state index in [1.165, 1.54) is 19.3 Å². The first kappa shape index (κ1) is 14.0. The molecule has 0 aromatic carbocycles. The Hall–Kier alpha value is -0.0800. The van der Waals surface area contributed by atoms with Gasteiger partial charge in [0, 0.05) is 18.8 Å². The van der Waals surface area contributed by atoms with E-state index >= 15 is 0 Å². The molecule has 0 bridgehead atoms. The van der Waals surface area contributed by atoms with Crippen molar-refractivity contribution in [2.75, 3.05) is 13.2 Å². The molecule has 2 N–H and O–H groups in total. The lowest BCUT2D eigenvalue weighted by atomic mass is 9.64. The van der Waals surface area contributed by atoms with Crippen LogP contribution in [0.4, 0.5) is 0 Å². The summed E-state index contributed by atoms with van der Waals surface area (Å²) in [6, 6.07) is 0. The highest BCUT2D eigenvalue weighted by Crippen LogP contribution is 2.41. The van der Waals surface area contributed by atoms with Crippen molar-refractivity contribution in [3.05, 3.63) is 0 Å². The van der Waals surface area contributed by atoms with Crippen LogP contribution in [0.25, 0.3) is 0 Å². The fraction of sp³-hybridized carbons (Fsp3) is 1.00. The highest BCUT2D eigenvalue weighted by Gasteiger charge is 2.40. The Labute approximate surface area is 101 Å². The van der Waals surface area contributed by atoms with Crippen molar-refractivity contribution in [1.82, 2.24) is 0 Å². The van der Waals surface area contributed by atoms with Gasteiger partial charge in [0.2, 0.25) is 0 Å². The molecule has 2 nitrogen and oxygen atoms in total. The maximum absolute atomic E-state index is 6.66. The van der Waals surface area contributed by atoms with Crippen LogP contribution in [0.5, 0.6) is 0 Å². The number of hydrogen-bond acceptors (Lipinski definition) is 2. The molecule has 1 aliphatic carbocycles. The van der Waals surface area contributed by atoms with Gasteiger partial charge in [-0.25, -0.2) is 0 Å². The molecule has 3 unspecified atom stereocenters. The number of rotatable bonds is 5. The first-order chi connectivity index (χ1) is 7.49. The van der Waals surface area contributed by atoms with Gasteiger partial charge >= 0.3 is 0 Å². The summed E-state index contributed by atoms with van der Waals surface area (Å²) >= 11 is 0. The van der Waals surface area contributed by atoms with E-state index in [1.807, 2.05) is 6.92 Å². The van der Waals surface area contributed by atoms with Crippen LogP contribution in [0.2, 0.25) is 0 Å².